The number of benzene rings is 1. The molecule has 0 radical (unpaired) electrons. The van der Waals surface area contributed by atoms with Gasteiger partial charge >= 0.3 is 0 Å². The number of carbonyl (C=O) groups excluding carboxylic acids is 1. The lowest BCUT2D eigenvalue weighted by atomic mass is 9.98. The Hall–Kier alpha value is -5.30. The smallest absolute Gasteiger partial charge is 0.246 e. The number of likely N-dealkylation sites (N-methyl/N-ethyl adjacent to an activating group) is 1. The average Bonchev–Trinajstić information content (AvgIpc) is 3.65. The molecule has 0 unspecified atom stereocenters. The molecule has 5 aromatic rings. The number of fused-ring (bicyclic) bond motifs is 6. The fourth-order valence-electron chi connectivity index (χ4n) is 6.69. The van der Waals surface area contributed by atoms with E-state index in [0.29, 0.717) is 60.2 Å². The van der Waals surface area contributed by atoms with E-state index in [1.807, 2.05) is 54.4 Å². The summed E-state index contributed by atoms with van der Waals surface area (Å²) in [5.74, 6) is 3.44. The Morgan fingerprint density at radius 3 is 2.87 bits per heavy atom. The summed E-state index contributed by atoms with van der Waals surface area (Å²) in [7, 11) is 2.12. The molecule has 2 atom stereocenters. The molecule has 240 valence electrons. The molecule has 2 bridgehead atoms. The highest BCUT2D eigenvalue weighted by atomic mass is 16.5. The van der Waals surface area contributed by atoms with E-state index >= 15 is 0 Å². The molecule has 8 rings (SSSR count). The second-order valence-electron chi connectivity index (χ2n) is 12.7. The quantitative estimate of drug-likeness (QED) is 0.268. The van der Waals surface area contributed by atoms with Gasteiger partial charge in [-0.1, -0.05) is 6.08 Å². The Bertz CT molecular complexity index is 2030. The first-order valence-electron chi connectivity index (χ1n) is 15.9. The lowest BCUT2D eigenvalue weighted by Crippen LogP contribution is -2.56. The third kappa shape index (κ3) is 5.46. The van der Waals surface area contributed by atoms with Crippen LogP contribution in [0.3, 0.4) is 0 Å². The first-order chi connectivity index (χ1) is 22.8. The number of piperazine rings is 1. The number of aryl methyl sites for hydroxylation is 1. The minimum absolute atomic E-state index is 0.0318. The number of anilines is 3. The highest BCUT2D eigenvalue weighted by Crippen LogP contribution is 2.37. The Morgan fingerprint density at radius 1 is 1.11 bits per heavy atom. The largest absolute Gasteiger partial charge is 0.487 e. The van der Waals surface area contributed by atoms with Crippen LogP contribution in [0.2, 0.25) is 0 Å². The number of hydrogen-bond donors (Lipinski definition) is 1. The maximum absolute atomic E-state index is 13.4. The number of nitrogens with zero attached hydrogens (tertiary/aromatic N) is 9. The molecule has 0 spiro atoms. The molecule has 1 N–H and O–H groups in total. The van der Waals surface area contributed by atoms with Crippen molar-refractivity contribution in [3.8, 4) is 17.2 Å². The number of carbonyl (C=O) groups is 1. The third-order valence-corrected chi connectivity index (χ3v) is 9.60. The molecule has 0 saturated carbocycles. The molecule has 3 aliphatic rings. The van der Waals surface area contributed by atoms with Crippen LogP contribution in [0, 0.1) is 6.92 Å². The van der Waals surface area contributed by atoms with E-state index in [4.69, 9.17) is 14.5 Å². The number of ether oxygens (including phenoxy) is 2. The Labute approximate surface area is 271 Å². The maximum atomic E-state index is 13.4. The molecule has 47 heavy (non-hydrogen) atoms. The van der Waals surface area contributed by atoms with Gasteiger partial charge in [-0.25, -0.2) is 24.5 Å². The van der Waals surface area contributed by atoms with Crippen LogP contribution in [-0.2, 0) is 4.79 Å². The lowest BCUT2D eigenvalue weighted by Gasteiger charge is -2.39. The molecule has 2 saturated heterocycles. The predicted molar refractivity (Wildman–Crippen MR) is 177 cm³/mol. The van der Waals surface area contributed by atoms with Crippen LogP contribution in [0.25, 0.3) is 16.7 Å². The van der Waals surface area contributed by atoms with Gasteiger partial charge in [0.15, 0.2) is 23.0 Å². The first kappa shape index (κ1) is 29.1. The van der Waals surface area contributed by atoms with Gasteiger partial charge in [0.1, 0.15) is 36.3 Å². The first-order valence-corrected chi connectivity index (χ1v) is 15.9. The van der Waals surface area contributed by atoms with Crippen molar-refractivity contribution in [2.75, 3.05) is 50.1 Å². The van der Waals surface area contributed by atoms with Crippen LogP contribution < -0.4 is 19.7 Å². The zero-order valence-corrected chi connectivity index (χ0v) is 26.6. The number of aromatic nitrogens is 6. The molecular weight excluding hydrogens is 596 g/mol. The molecule has 13 nitrogen and oxygen atoms in total. The van der Waals surface area contributed by atoms with Gasteiger partial charge in [-0.2, -0.15) is 5.10 Å². The van der Waals surface area contributed by atoms with Crippen LogP contribution in [0.15, 0.2) is 67.4 Å². The molecule has 1 amide bonds. The fourth-order valence-corrected chi connectivity index (χ4v) is 6.69. The van der Waals surface area contributed by atoms with Crippen molar-refractivity contribution in [3.05, 3.63) is 73.0 Å². The molecule has 7 heterocycles. The summed E-state index contributed by atoms with van der Waals surface area (Å²) in [4.78, 5) is 38.1. The second kappa shape index (κ2) is 11.5. The summed E-state index contributed by atoms with van der Waals surface area (Å²) in [6.07, 6.45) is 10.9. The standard InChI is InChI=1S/C34H36N10O3/c1-22-15-23(5-6-27(22)47-25-8-12-44-29(16-25)36-21-38-44)39-32-31-26(35-20-37-32)17-28-33(40-31)42-13-14-43(24(18-42)19-46-28)30(45)7-10-34(2)9-4-11-41(34)3/h5-8,10,12,15-17,20-21,24H,4,9,11,13-14,18-19H2,1-3H3,(H,35,37,39)/b10-7+/t24-,34+/m0/s1. The van der Waals surface area contributed by atoms with Crippen LogP contribution >= 0.6 is 0 Å². The Kier molecular flexibility index (Phi) is 7.12. The second-order valence-corrected chi connectivity index (χ2v) is 12.7. The summed E-state index contributed by atoms with van der Waals surface area (Å²) in [5.41, 5.74) is 3.74. The molecule has 3 aliphatic heterocycles. The van der Waals surface area contributed by atoms with Gasteiger partial charge in [-0.05, 0) is 70.1 Å². The van der Waals surface area contributed by atoms with Gasteiger partial charge in [0, 0.05) is 55.3 Å². The van der Waals surface area contributed by atoms with E-state index in [-0.39, 0.29) is 17.5 Å². The van der Waals surface area contributed by atoms with E-state index < -0.39 is 0 Å². The van der Waals surface area contributed by atoms with E-state index in [0.717, 1.165) is 42.2 Å². The molecule has 1 aromatic carbocycles. The zero-order chi connectivity index (χ0) is 32.1. The SMILES string of the molecule is Cc1cc(Nc2ncnc3cc4c(nc23)N2CCN(C(=O)/C=C/[C@@]3(C)CCCN3C)[C@H](CO4)C2)ccc1Oc1ccn2ncnc2c1. The third-order valence-electron chi connectivity index (χ3n) is 9.60. The van der Waals surface area contributed by atoms with Gasteiger partial charge in [0.25, 0.3) is 0 Å². The Morgan fingerprint density at radius 2 is 2.02 bits per heavy atom. The van der Waals surface area contributed by atoms with Gasteiger partial charge in [-0.15, -0.1) is 0 Å². The van der Waals surface area contributed by atoms with E-state index in [9.17, 15) is 4.79 Å². The highest BCUT2D eigenvalue weighted by molar-refractivity contribution is 5.91. The summed E-state index contributed by atoms with van der Waals surface area (Å²) in [6, 6.07) is 11.4. The summed E-state index contributed by atoms with van der Waals surface area (Å²) < 4.78 is 14.1. The normalized spacial score (nSPS) is 21.2. The lowest BCUT2D eigenvalue weighted by molar-refractivity contribution is -0.129. The molecule has 13 heteroatoms. The summed E-state index contributed by atoms with van der Waals surface area (Å²) in [5, 5.41) is 7.56. The maximum Gasteiger partial charge on any atom is 0.246 e. The van der Waals surface area contributed by atoms with Crippen molar-refractivity contribution in [2.24, 2.45) is 0 Å². The summed E-state index contributed by atoms with van der Waals surface area (Å²) in [6.45, 7) is 7.53. The molecule has 4 aromatic heterocycles. The van der Waals surface area contributed by atoms with E-state index in [1.165, 1.54) is 12.7 Å². The van der Waals surface area contributed by atoms with Crippen molar-refractivity contribution in [1.29, 1.82) is 0 Å². The average molecular weight is 633 g/mol. The fraction of sp³-hybridized carbons (Fsp3) is 0.353. The Balaban J connectivity index is 1.00. The number of pyridine rings is 2. The monoisotopic (exact) mass is 632 g/mol. The van der Waals surface area contributed by atoms with Gasteiger partial charge < -0.3 is 24.6 Å². The molecular formula is C34H36N10O3. The number of amides is 1. The van der Waals surface area contributed by atoms with E-state index in [1.54, 1.807) is 10.6 Å². The number of likely N-dealkylation sites (tertiary alicyclic amines) is 1. The minimum atomic E-state index is -0.0852. The summed E-state index contributed by atoms with van der Waals surface area (Å²) >= 11 is 0. The van der Waals surface area contributed by atoms with Crippen molar-refractivity contribution < 1.29 is 14.3 Å². The van der Waals surface area contributed by atoms with Gasteiger partial charge in [0.05, 0.1) is 11.6 Å². The zero-order valence-electron chi connectivity index (χ0n) is 26.6. The van der Waals surface area contributed by atoms with Crippen LogP contribution in [0.1, 0.15) is 25.3 Å². The van der Waals surface area contributed by atoms with Crippen LogP contribution in [0.5, 0.6) is 17.2 Å². The highest BCUT2D eigenvalue weighted by Gasteiger charge is 2.36. The predicted octanol–water partition coefficient (Wildman–Crippen LogP) is 4.36. The van der Waals surface area contributed by atoms with Crippen molar-refractivity contribution >= 4 is 39.9 Å². The van der Waals surface area contributed by atoms with E-state index in [2.05, 4.69) is 55.2 Å². The number of nitrogens with one attached hydrogen (secondary N) is 1. The van der Waals surface area contributed by atoms with Gasteiger partial charge in [-0.3, -0.25) is 9.69 Å². The van der Waals surface area contributed by atoms with Crippen LogP contribution in [0.4, 0.5) is 17.3 Å². The minimum Gasteiger partial charge on any atom is -0.487 e. The van der Waals surface area contributed by atoms with Crippen molar-refractivity contribution in [3.63, 3.8) is 0 Å². The number of rotatable bonds is 6. The van der Waals surface area contributed by atoms with Crippen molar-refractivity contribution in [2.45, 2.75) is 38.3 Å². The number of hydrogen-bond acceptors (Lipinski definition) is 11. The topological polar surface area (TPSA) is 126 Å². The molecule has 2 fully saturated rings. The van der Waals surface area contributed by atoms with Gasteiger partial charge in [0.2, 0.25) is 5.91 Å². The van der Waals surface area contributed by atoms with Crippen molar-refractivity contribution in [1.82, 2.24) is 39.3 Å². The molecule has 0 aliphatic carbocycles. The van der Waals surface area contributed by atoms with Crippen LogP contribution in [-0.4, -0.2) is 96.7 Å².